The van der Waals surface area contributed by atoms with Crippen molar-refractivity contribution in [2.45, 2.75) is 38.3 Å². The zero-order valence-corrected chi connectivity index (χ0v) is 18.6. The molecule has 0 aliphatic heterocycles. The molecule has 0 radical (unpaired) electrons. The number of thioether (sulfide) groups is 1. The molecule has 2 aromatic carbocycles. The van der Waals surface area contributed by atoms with Crippen LogP contribution in [0.15, 0.2) is 58.2 Å². The Labute approximate surface area is 181 Å². The maximum absolute atomic E-state index is 12.0. The largest absolute Gasteiger partial charge is 0.492 e. The summed E-state index contributed by atoms with van der Waals surface area (Å²) >= 11 is 1.21. The van der Waals surface area contributed by atoms with Gasteiger partial charge in [-0.3, -0.25) is 4.79 Å². The van der Waals surface area contributed by atoms with Crippen LogP contribution in [0.2, 0.25) is 0 Å². The number of carbonyl (C=O) groups excluding carboxylic acids is 1. The molecule has 0 unspecified atom stereocenters. The third-order valence-electron chi connectivity index (χ3n) is 4.41. The molecular formula is C23H27N3O3S. The van der Waals surface area contributed by atoms with E-state index in [0.29, 0.717) is 24.3 Å². The fraction of sp³-hybridized carbons (Fsp3) is 0.348. The molecule has 0 fully saturated rings. The number of hydrogen-bond donors (Lipinski definition) is 1. The van der Waals surface area contributed by atoms with E-state index in [1.807, 2.05) is 43.3 Å². The predicted molar refractivity (Wildman–Crippen MR) is 119 cm³/mol. The van der Waals surface area contributed by atoms with E-state index in [0.717, 1.165) is 16.9 Å². The van der Waals surface area contributed by atoms with Gasteiger partial charge in [-0.05, 0) is 47.7 Å². The molecular weight excluding hydrogens is 398 g/mol. The fourth-order valence-electron chi connectivity index (χ4n) is 2.74. The summed E-state index contributed by atoms with van der Waals surface area (Å²) in [5.41, 5.74) is 3.33. The Kier molecular flexibility index (Phi) is 7.15. The average molecular weight is 426 g/mol. The average Bonchev–Trinajstić information content (AvgIpc) is 3.18. The highest BCUT2D eigenvalue weighted by molar-refractivity contribution is 7.99. The zero-order chi connectivity index (χ0) is 21.6. The van der Waals surface area contributed by atoms with Gasteiger partial charge >= 0.3 is 0 Å². The van der Waals surface area contributed by atoms with E-state index in [9.17, 15) is 4.79 Å². The van der Waals surface area contributed by atoms with Crippen LogP contribution in [-0.2, 0) is 10.2 Å². The van der Waals surface area contributed by atoms with Crippen LogP contribution in [0, 0.1) is 6.92 Å². The summed E-state index contributed by atoms with van der Waals surface area (Å²) in [6.07, 6.45) is 0. The second-order valence-corrected chi connectivity index (χ2v) is 8.93. The first-order valence-corrected chi connectivity index (χ1v) is 10.8. The summed E-state index contributed by atoms with van der Waals surface area (Å²) in [7, 11) is 0. The van der Waals surface area contributed by atoms with Crippen molar-refractivity contribution in [1.82, 2.24) is 15.5 Å². The van der Waals surface area contributed by atoms with E-state index < -0.39 is 0 Å². The topological polar surface area (TPSA) is 77.2 Å². The molecule has 1 aromatic heterocycles. The van der Waals surface area contributed by atoms with Gasteiger partial charge in [0.25, 0.3) is 5.22 Å². The third-order valence-corrected chi connectivity index (χ3v) is 5.23. The lowest BCUT2D eigenvalue weighted by Crippen LogP contribution is -2.29. The number of rotatable bonds is 8. The van der Waals surface area contributed by atoms with Crippen LogP contribution in [0.3, 0.4) is 0 Å². The van der Waals surface area contributed by atoms with E-state index in [-0.39, 0.29) is 17.1 Å². The molecule has 3 rings (SSSR count). The number of aromatic nitrogens is 2. The molecule has 0 atom stereocenters. The van der Waals surface area contributed by atoms with E-state index in [2.05, 4.69) is 48.4 Å². The van der Waals surface area contributed by atoms with Crippen LogP contribution in [0.1, 0.15) is 31.9 Å². The summed E-state index contributed by atoms with van der Waals surface area (Å²) in [6.45, 7) is 9.36. The van der Waals surface area contributed by atoms with E-state index in [1.54, 1.807) is 0 Å². The summed E-state index contributed by atoms with van der Waals surface area (Å²) in [6, 6.07) is 15.9. The Morgan fingerprint density at radius 3 is 2.60 bits per heavy atom. The lowest BCUT2D eigenvalue weighted by molar-refractivity contribution is -0.118. The molecule has 1 N–H and O–H groups in total. The van der Waals surface area contributed by atoms with E-state index in [1.165, 1.54) is 17.3 Å². The summed E-state index contributed by atoms with van der Waals surface area (Å²) < 4.78 is 11.3. The number of nitrogens with one attached hydrogen (secondary N) is 1. The Hall–Kier alpha value is -2.80. The zero-order valence-electron chi connectivity index (χ0n) is 17.8. The minimum atomic E-state index is -0.109. The highest BCUT2D eigenvalue weighted by Gasteiger charge is 2.15. The van der Waals surface area contributed by atoms with Gasteiger partial charge in [0.2, 0.25) is 11.8 Å². The van der Waals surface area contributed by atoms with Crippen molar-refractivity contribution in [2.24, 2.45) is 0 Å². The summed E-state index contributed by atoms with van der Waals surface area (Å²) in [4.78, 5) is 12.0. The molecule has 6 nitrogen and oxygen atoms in total. The minimum Gasteiger partial charge on any atom is -0.492 e. The van der Waals surface area contributed by atoms with Crippen molar-refractivity contribution < 1.29 is 13.9 Å². The molecule has 7 heteroatoms. The monoisotopic (exact) mass is 425 g/mol. The first kappa shape index (κ1) is 21.9. The summed E-state index contributed by atoms with van der Waals surface area (Å²) in [5, 5.41) is 11.3. The third kappa shape index (κ3) is 6.35. The van der Waals surface area contributed by atoms with Crippen molar-refractivity contribution >= 4 is 17.7 Å². The lowest BCUT2D eigenvalue weighted by Gasteiger charge is -2.18. The van der Waals surface area contributed by atoms with Gasteiger partial charge in [-0.2, -0.15) is 0 Å². The van der Waals surface area contributed by atoms with Crippen LogP contribution < -0.4 is 10.1 Å². The van der Waals surface area contributed by atoms with Crippen LogP contribution in [0.25, 0.3) is 11.5 Å². The molecule has 0 aliphatic rings. The number of amides is 1. The first-order chi connectivity index (χ1) is 14.3. The van der Waals surface area contributed by atoms with Gasteiger partial charge in [0, 0.05) is 5.56 Å². The fourth-order valence-corrected chi connectivity index (χ4v) is 3.33. The van der Waals surface area contributed by atoms with E-state index in [4.69, 9.17) is 9.15 Å². The van der Waals surface area contributed by atoms with E-state index >= 15 is 0 Å². The van der Waals surface area contributed by atoms with Gasteiger partial charge in [0.15, 0.2) is 0 Å². The van der Waals surface area contributed by atoms with Crippen LogP contribution in [-0.4, -0.2) is 35.0 Å². The second-order valence-electron chi connectivity index (χ2n) is 8.00. The number of hydrogen-bond acceptors (Lipinski definition) is 6. The number of benzene rings is 2. The molecule has 0 spiro atoms. The molecule has 0 saturated carbocycles. The Morgan fingerprint density at radius 1 is 1.13 bits per heavy atom. The van der Waals surface area contributed by atoms with Gasteiger partial charge < -0.3 is 14.5 Å². The number of aryl methyl sites for hydroxylation is 1. The maximum atomic E-state index is 12.0. The van der Waals surface area contributed by atoms with Gasteiger partial charge in [-0.15, -0.1) is 10.2 Å². The predicted octanol–water partition coefficient (Wildman–Crippen LogP) is 4.63. The molecule has 0 aliphatic carbocycles. The van der Waals surface area contributed by atoms with Gasteiger partial charge in [-0.25, -0.2) is 0 Å². The number of carbonyl (C=O) groups is 1. The second kappa shape index (κ2) is 9.80. The number of nitrogens with zero attached hydrogens (tertiary/aromatic N) is 2. The molecule has 1 amide bonds. The molecule has 3 aromatic rings. The van der Waals surface area contributed by atoms with Gasteiger partial charge in [0.05, 0.1) is 12.3 Å². The summed E-state index contributed by atoms with van der Waals surface area (Å²) in [5.74, 6) is 1.34. The molecule has 1 heterocycles. The molecule has 30 heavy (non-hydrogen) atoms. The lowest BCUT2D eigenvalue weighted by atomic mass is 9.87. The Morgan fingerprint density at radius 2 is 1.90 bits per heavy atom. The Bertz CT molecular complexity index is 978. The maximum Gasteiger partial charge on any atom is 0.277 e. The van der Waals surface area contributed by atoms with Crippen LogP contribution in [0.5, 0.6) is 5.75 Å². The highest BCUT2D eigenvalue weighted by Crippen LogP contribution is 2.27. The molecule has 0 saturated heterocycles. The van der Waals surface area contributed by atoms with Crippen molar-refractivity contribution in [3.8, 4) is 17.2 Å². The van der Waals surface area contributed by atoms with Crippen molar-refractivity contribution in [1.29, 1.82) is 0 Å². The van der Waals surface area contributed by atoms with Crippen molar-refractivity contribution in [3.05, 3.63) is 59.7 Å². The van der Waals surface area contributed by atoms with Gasteiger partial charge in [0.1, 0.15) is 12.4 Å². The normalized spacial score (nSPS) is 11.3. The Balaban J connectivity index is 1.42. The molecule has 0 bridgehead atoms. The molecule has 158 valence electrons. The minimum absolute atomic E-state index is 0.0901. The van der Waals surface area contributed by atoms with Crippen LogP contribution >= 0.6 is 11.8 Å². The standard InChI is InChI=1S/C23H27N3O3S/c1-16-6-5-7-19(14-16)28-13-12-24-20(27)15-30-22-26-25-21(29-22)17-8-10-18(11-9-17)23(2,3)4/h5-11,14H,12-13,15H2,1-4H3,(H,24,27). The van der Waals surface area contributed by atoms with Crippen LogP contribution in [0.4, 0.5) is 0 Å². The first-order valence-electron chi connectivity index (χ1n) is 9.85. The highest BCUT2D eigenvalue weighted by atomic mass is 32.2. The number of ether oxygens (including phenoxy) is 1. The van der Waals surface area contributed by atoms with Crippen molar-refractivity contribution in [3.63, 3.8) is 0 Å². The smallest absolute Gasteiger partial charge is 0.277 e. The quantitative estimate of drug-likeness (QED) is 0.419. The van der Waals surface area contributed by atoms with Crippen molar-refractivity contribution in [2.75, 3.05) is 18.9 Å². The van der Waals surface area contributed by atoms with Gasteiger partial charge in [-0.1, -0.05) is 56.8 Å². The SMILES string of the molecule is Cc1cccc(OCCNC(=O)CSc2nnc(-c3ccc(C(C)(C)C)cc3)o2)c1.